The van der Waals surface area contributed by atoms with Crippen molar-refractivity contribution >= 4 is 38.9 Å². The number of halogens is 4. The van der Waals surface area contributed by atoms with Crippen LogP contribution in [0.2, 0.25) is 5.02 Å². The first-order chi connectivity index (χ1) is 13.4. The first kappa shape index (κ1) is 22.8. The Kier molecular flexibility index (Phi) is 7.02. The molecule has 0 bridgehead atoms. The zero-order valence-corrected chi connectivity index (χ0v) is 17.0. The first-order valence-electron chi connectivity index (χ1n) is 8.32. The van der Waals surface area contributed by atoms with E-state index in [0.29, 0.717) is 5.02 Å². The molecule has 2 aromatic rings. The Labute approximate surface area is 171 Å². The van der Waals surface area contributed by atoms with Gasteiger partial charge in [0.15, 0.2) is 0 Å². The highest BCUT2D eigenvalue weighted by Crippen LogP contribution is 2.26. The lowest BCUT2D eigenvalue weighted by molar-refractivity contribution is -0.274. The maximum atomic E-state index is 12.7. The topological polar surface area (TPSA) is 75.7 Å². The fourth-order valence-corrected chi connectivity index (χ4v) is 3.95. The second-order valence-electron chi connectivity index (χ2n) is 6.02. The molecule has 11 heteroatoms. The van der Waals surface area contributed by atoms with Crippen LogP contribution in [0.1, 0.15) is 13.3 Å². The molecule has 1 unspecified atom stereocenters. The number of nitrogens with zero attached hydrogens (tertiary/aromatic N) is 1. The molecule has 0 aliphatic heterocycles. The quantitative estimate of drug-likeness (QED) is 0.677. The van der Waals surface area contributed by atoms with Crippen molar-refractivity contribution in [3.63, 3.8) is 0 Å². The Morgan fingerprint density at radius 2 is 1.69 bits per heavy atom. The molecule has 158 valence electrons. The lowest BCUT2D eigenvalue weighted by Gasteiger charge is -2.30. The molecular weight excluding hydrogens is 433 g/mol. The molecule has 0 fully saturated rings. The molecule has 29 heavy (non-hydrogen) atoms. The predicted molar refractivity (Wildman–Crippen MR) is 105 cm³/mol. The summed E-state index contributed by atoms with van der Waals surface area (Å²) >= 11 is 5.84. The zero-order chi connectivity index (χ0) is 21.8. The molecule has 0 saturated heterocycles. The van der Waals surface area contributed by atoms with Crippen LogP contribution in [0.5, 0.6) is 5.75 Å². The van der Waals surface area contributed by atoms with Gasteiger partial charge in [0.1, 0.15) is 11.8 Å². The second kappa shape index (κ2) is 8.91. The minimum atomic E-state index is -4.83. The van der Waals surface area contributed by atoms with Gasteiger partial charge in [0, 0.05) is 10.7 Å². The molecule has 1 N–H and O–H groups in total. The molecule has 0 radical (unpaired) electrons. The van der Waals surface area contributed by atoms with E-state index >= 15 is 0 Å². The first-order valence-corrected chi connectivity index (χ1v) is 10.5. The molecule has 0 heterocycles. The summed E-state index contributed by atoms with van der Waals surface area (Å²) in [4.78, 5) is 12.7. The molecule has 0 aromatic heterocycles. The van der Waals surface area contributed by atoms with Gasteiger partial charge >= 0.3 is 6.36 Å². The number of carbonyl (C=O) groups excluding carboxylic acids is 1. The van der Waals surface area contributed by atoms with Crippen LogP contribution >= 0.6 is 11.6 Å². The van der Waals surface area contributed by atoms with E-state index in [1.807, 2.05) is 0 Å². The fourth-order valence-electron chi connectivity index (χ4n) is 2.61. The van der Waals surface area contributed by atoms with Crippen molar-refractivity contribution in [3.05, 3.63) is 53.6 Å². The van der Waals surface area contributed by atoms with Crippen molar-refractivity contribution in [3.8, 4) is 5.75 Å². The average Bonchev–Trinajstić information content (AvgIpc) is 2.60. The van der Waals surface area contributed by atoms with Crippen LogP contribution in [0.15, 0.2) is 48.5 Å². The highest BCUT2D eigenvalue weighted by molar-refractivity contribution is 7.92. The highest BCUT2D eigenvalue weighted by Gasteiger charge is 2.32. The minimum Gasteiger partial charge on any atom is -0.406 e. The lowest BCUT2D eigenvalue weighted by atomic mass is 10.2. The van der Waals surface area contributed by atoms with E-state index in [1.54, 1.807) is 6.92 Å². The molecular formula is C18H18ClF3N2O4S. The van der Waals surface area contributed by atoms with E-state index in [9.17, 15) is 26.4 Å². The smallest absolute Gasteiger partial charge is 0.406 e. The Hall–Kier alpha value is -2.46. The summed E-state index contributed by atoms with van der Waals surface area (Å²) < 4.78 is 66.1. The largest absolute Gasteiger partial charge is 0.573 e. The molecule has 2 aromatic carbocycles. The van der Waals surface area contributed by atoms with E-state index in [0.717, 1.165) is 22.7 Å². The number of amides is 1. The van der Waals surface area contributed by atoms with E-state index in [4.69, 9.17) is 11.6 Å². The summed E-state index contributed by atoms with van der Waals surface area (Å²) in [5, 5.41) is 2.91. The molecule has 1 amide bonds. The van der Waals surface area contributed by atoms with Crippen LogP contribution < -0.4 is 14.4 Å². The predicted octanol–water partition coefficient (Wildman–Crippen LogP) is 4.42. The lowest BCUT2D eigenvalue weighted by Crippen LogP contribution is -2.46. The minimum absolute atomic E-state index is 0.150. The van der Waals surface area contributed by atoms with Gasteiger partial charge in [0.25, 0.3) is 0 Å². The molecule has 0 aliphatic rings. The average molecular weight is 451 g/mol. The normalized spacial score (nSPS) is 12.9. The maximum Gasteiger partial charge on any atom is 0.573 e. The van der Waals surface area contributed by atoms with Crippen LogP contribution in [0.3, 0.4) is 0 Å². The Bertz CT molecular complexity index is 949. The van der Waals surface area contributed by atoms with Crippen molar-refractivity contribution in [2.45, 2.75) is 25.7 Å². The van der Waals surface area contributed by atoms with Gasteiger partial charge in [-0.2, -0.15) is 0 Å². The molecule has 0 spiro atoms. The van der Waals surface area contributed by atoms with E-state index < -0.39 is 34.1 Å². The molecule has 0 saturated carbocycles. The number of hydrogen-bond acceptors (Lipinski definition) is 4. The van der Waals surface area contributed by atoms with Gasteiger partial charge in [0.05, 0.1) is 11.9 Å². The van der Waals surface area contributed by atoms with Gasteiger partial charge in [-0.05, 0) is 55.0 Å². The monoisotopic (exact) mass is 450 g/mol. The summed E-state index contributed by atoms with van der Waals surface area (Å²) in [6, 6.07) is 9.38. The van der Waals surface area contributed by atoms with Crippen LogP contribution in [-0.2, 0) is 14.8 Å². The number of alkyl halides is 3. The standard InChI is InChI=1S/C18H18ClF3N2O4S/c1-3-16(24(29(2,26)27)14-8-4-12(19)5-9-14)17(25)23-13-6-10-15(11-7-13)28-18(20,21)22/h4-11,16H,3H2,1-2H3,(H,23,25). The van der Waals surface area contributed by atoms with Gasteiger partial charge in [0.2, 0.25) is 15.9 Å². The van der Waals surface area contributed by atoms with Crippen LogP contribution in [-0.4, -0.2) is 33.0 Å². The number of ether oxygens (including phenoxy) is 1. The van der Waals surface area contributed by atoms with Crippen molar-refractivity contribution in [1.82, 2.24) is 0 Å². The van der Waals surface area contributed by atoms with Gasteiger partial charge in [-0.1, -0.05) is 18.5 Å². The van der Waals surface area contributed by atoms with Crippen molar-refractivity contribution in [1.29, 1.82) is 0 Å². The van der Waals surface area contributed by atoms with E-state index in [-0.39, 0.29) is 17.8 Å². The number of hydrogen-bond donors (Lipinski definition) is 1. The summed E-state index contributed by atoms with van der Waals surface area (Å²) in [6.07, 6.45) is -3.70. The summed E-state index contributed by atoms with van der Waals surface area (Å²) in [5.74, 6) is -1.08. The van der Waals surface area contributed by atoms with Crippen molar-refractivity contribution < 1.29 is 31.1 Å². The number of sulfonamides is 1. The Morgan fingerprint density at radius 1 is 1.14 bits per heavy atom. The van der Waals surface area contributed by atoms with Gasteiger partial charge < -0.3 is 10.1 Å². The highest BCUT2D eigenvalue weighted by atomic mass is 35.5. The zero-order valence-electron chi connectivity index (χ0n) is 15.4. The molecule has 6 nitrogen and oxygen atoms in total. The summed E-state index contributed by atoms with van der Waals surface area (Å²) in [7, 11) is -3.82. The molecule has 0 aliphatic carbocycles. The van der Waals surface area contributed by atoms with E-state index in [2.05, 4.69) is 10.1 Å². The third kappa shape index (κ3) is 6.53. The number of anilines is 2. The number of carbonyl (C=O) groups is 1. The fraction of sp³-hybridized carbons (Fsp3) is 0.278. The van der Waals surface area contributed by atoms with Gasteiger partial charge in [-0.15, -0.1) is 13.2 Å². The maximum absolute atomic E-state index is 12.7. The second-order valence-corrected chi connectivity index (χ2v) is 8.32. The number of rotatable bonds is 7. The Morgan fingerprint density at radius 3 is 2.14 bits per heavy atom. The Balaban J connectivity index is 2.24. The van der Waals surface area contributed by atoms with Crippen LogP contribution in [0.25, 0.3) is 0 Å². The van der Waals surface area contributed by atoms with Crippen molar-refractivity contribution in [2.75, 3.05) is 15.9 Å². The SMILES string of the molecule is CCC(C(=O)Nc1ccc(OC(F)(F)F)cc1)N(c1ccc(Cl)cc1)S(C)(=O)=O. The molecule has 1 atom stereocenters. The summed E-state index contributed by atoms with van der Waals surface area (Å²) in [5.41, 5.74) is 0.445. The van der Waals surface area contributed by atoms with Gasteiger partial charge in [-0.25, -0.2) is 8.42 Å². The van der Waals surface area contributed by atoms with Crippen LogP contribution in [0.4, 0.5) is 24.5 Å². The summed E-state index contributed by atoms with van der Waals surface area (Å²) in [6.45, 7) is 1.64. The third-order valence-electron chi connectivity index (χ3n) is 3.77. The number of benzene rings is 2. The molecule has 2 rings (SSSR count). The number of nitrogens with one attached hydrogen (secondary N) is 1. The van der Waals surface area contributed by atoms with E-state index in [1.165, 1.54) is 36.4 Å². The van der Waals surface area contributed by atoms with Crippen LogP contribution in [0, 0.1) is 0 Å². The van der Waals surface area contributed by atoms with Gasteiger partial charge in [-0.3, -0.25) is 9.10 Å². The van der Waals surface area contributed by atoms with Crippen molar-refractivity contribution in [2.24, 2.45) is 0 Å². The third-order valence-corrected chi connectivity index (χ3v) is 5.20.